The molecule has 0 aliphatic carbocycles. The molecule has 0 fully saturated rings. The fourth-order valence-corrected chi connectivity index (χ4v) is 1.92. The first-order valence-corrected chi connectivity index (χ1v) is 6.43. The van der Waals surface area contributed by atoms with Crippen LogP contribution in [-0.4, -0.2) is 6.04 Å². The Morgan fingerprint density at radius 2 is 1.90 bits per heavy atom. The molecule has 2 unspecified atom stereocenters. The normalized spacial score (nSPS) is 14.8. The van der Waals surface area contributed by atoms with Crippen molar-refractivity contribution in [3.8, 4) is 5.75 Å². The van der Waals surface area contributed by atoms with Gasteiger partial charge in [0, 0.05) is 6.04 Å². The predicted octanol–water partition coefficient (Wildman–Crippen LogP) is 4.07. The lowest BCUT2D eigenvalue weighted by Gasteiger charge is -2.21. The van der Waals surface area contributed by atoms with Gasteiger partial charge in [-0.15, -0.1) is 0 Å². The van der Waals surface area contributed by atoms with Crippen molar-refractivity contribution < 1.29 is 22.3 Å². The highest BCUT2D eigenvalue weighted by atomic mass is 19.4. The number of ether oxygens (including phenoxy) is 1. The van der Waals surface area contributed by atoms with Crippen LogP contribution in [0.4, 0.5) is 13.2 Å². The van der Waals surface area contributed by atoms with Crippen molar-refractivity contribution in [1.29, 1.82) is 0 Å². The van der Waals surface area contributed by atoms with Crippen LogP contribution >= 0.6 is 0 Å². The lowest BCUT2D eigenvalue weighted by molar-refractivity contribution is -0.137. The van der Waals surface area contributed by atoms with Gasteiger partial charge in [0.2, 0.25) is 0 Å². The van der Waals surface area contributed by atoms with E-state index >= 15 is 0 Å². The van der Waals surface area contributed by atoms with Gasteiger partial charge in [-0.3, -0.25) is 0 Å². The largest absolute Gasteiger partial charge is 0.481 e. The molecule has 1 aromatic heterocycles. The molecule has 114 valence electrons. The molecule has 6 heteroatoms. The maximum Gasteiger partial charge on any atom is 0.416 e. The number of furan rings is 1. The highest BCUT2D eigenvalue weighted by Gasteiger charge is 2.31. The van der Waals surface area contributed by atoms with Crippen molar-refractivity contribution in [2.24, 2.45) is 5.73 Å². The van der Waals surface area contributed by atoms with Crippen LogP contribution in [0, 0.1) is 6.92 Å². The highest BCUT2D eigenvalue weighted by Crippen LogP contribution is 2.33. The Morgan fingerprint density at radius 3 is 2.43 bits per heavy atom. The maximum atomic E-state index is 12.7. The number of rotatable bonds is 4. The Labute approximate surface area is 120 Å². The summed E-state index contributed by atoms with van der Waals surface area (Å²) < 4.78 is 49.1. The Hall–Kier alpha value is -1.95. The van der Waals surface area contributed by atoms with E-state index in [1.165, 1.54) is 12.1 Å². The van der Waals surface area contributed by atoms with Crippen LogP contribution in [0.2, 0.25) is 0 Å². The van der Waals surface area contributed by atoms with Crippen LogP contribution in [-0.2, 0) is 6.18 Å². The van der Waals surface area contributed by atoms with E-state index in [0.29, 0.717) is 11.5 Å². The molecule has 0 saturated carbocycles. The van der Waals surface area contributed by atoms with Crippen LogP contribution in [0.15, 0.2) is 40.8 Å². The van der Waals surface area contributed by atoms with E-state index in [0.717, 1.165) is 12.1 Å². The van der Waals surface area contributed by atoms with E-state index in [-0.39, 0.29) is 5.75 Å². The fourth-order valence-electron chi connectivity index (χ4n) is 1.92. The van der Waals surface area contributed by atoms with E-state index in [9.17, 15) is 13.2 Å². The van der Waals surface area contributed by atoms with Crippen LogP contribution < -0.4 is 10.5 Å². The molecule has 0 amide bonds. The lowest BCUT2D eigenvalue weighted by Crippen LogP contribution is -2.28. The second-order valence-corrected chi connectivity index (χ2v) is 4.87. The zero-order valence-corrected chi connectivity index (χ0v) is 11.6. The standard InChI is InChI=1S/C15H16F3NO2/c1-9-6-7-13(20-9)14(10(2)19)21-12-5-3-4-11(8-12)15(16,17)18/h3-8,10,14H,19H2,1-2H3. The van der Waals surface area contributed by atoms with Gasteiger partial charge in [-0.1, -0.05) is 6.07 Å². The molecule has 0 aliphatic rings. The first-order chi connectivity index (χ1) is 9.77. The minimum absolute atomic E-state index is 0.0983. The number of benzene rings is 1. The molecule has 2 atom stereocenters. The molecular weight excluding hydrogens is 283 g/mol. The molecule has 2 aromatic rings. The van der Waals surface area contributed by atoms with Gasteiger partial charge in [-0.25, -0.2) is 0 Å². The Bertz CT molecular complexity index is 605. The molecule has 2 N–H and O–H groups in total. The first kappa shape index (κ1) is 15.4. The van der Waals surface area contributed by atoms with Gasteiger partial charge >= 0.3 is 6.18 Å². The fraction of sp³-hybridized carbons (Fsp3) is 0.333. The Balaban J connectivity index is 2.26. The average Bonchev–Trinajstić information content (AvgIpc) is 2.81. The SMILES string of the molecule is Cc1ccc(C(Oc2cccc(C(F)(F)F)c2)C(C)N)o1. The molecule has 0 radical (unpaired) electrons. The maximum absolute atomic E-state index is 12.7. The van der Waals surface area contributed by atoms with Crippen LogP contribution in [0.1, 0.15) is 30.1 Å². The number of aryl methyl sites for hydroxylation is 1. The van der Waals surface area contributed by atoms with Gasteiger partial charge < -0.3 is 14.9 Å². The summed E-state index contributed by atoms with van der Waals surface area (Å²) in [6.45, 7) is 3.47. The van der Waals surface area contributed by atoms with Crippen molar-refractivity contribution in [1.82, 2.24) is 0 Å². The molecule has 1 aromatic carbocycles. The minimum atomic E-state index is -4.41. The zero-order valence-electron chi connectivity index (χ0n) is 11.6. The summed E-state index contributed by atoms with van der Waals surface area (Å²) in [6, 6.07) is 7.71. The molecule has 0 saturated heterocycles. The average molecular weight is 299 g/mol. The van der Waals surface area contributed by atoms with Gasteiger partial charge in [0.05, 0.1) is 5.56 Å². The molecule has 21 heavy (non-hydrogen) atoms. The molecule has 0 spiro atoms. The number of alkyl halides is 3. The second-order valence-electron chi connectivity index (χ2n) is 4.87. The third kappa shape index (κ3) is 3.78. The van der Waals surface area contributed by atoms with E-state index in [2.05, 4.69) is 0 Å². The molecule has 0 bridgehead atoms. The topological polar surface area (TPSA) is 48.4 Å². The van der Waals surface area contributed by atoms with Gasteiger partial charge in [-0.05, 0) is 44.2 Å². The molecule has 0 aliphatic heterocycles. The van der Waals surface area contributed by atoms with Crippen LogP contribution in [0.3, 0.4) is 0 Å². The van der Waals surface area contributed by atoms with Gasteiger partial charge in [0.15, 0.2) is 6.10 Å². The summed E-state index contributed by atoms with van der Waals surface area (Å²) in [4.78, 5) is 0. The summed E-state index contributed by atoms with van der Waals surface area (Å²) in [7, 11) is 0. The Morgan fingerprint density at radius 1 is 1.19 bits per heavy atom. The Kier molecular flexibility index (Phi) is 4.27. The molecule has 2 rings (SSSR count). The smallest absolute Gasteiger partial charge is 0.416 e. The minimum Gasteiger partial charge on any atom is -0.481 e. The summed E-state index contributed by atoms with van der Waals surface area (Å²) in [5.41, 5.74) is 5.08. The summed E-state index contributed by atoms with van der Waals surface area (Å²) in [5, 5.41) is 0. The quantitative estimate of drug-likeness (QED) is 0.925. The molecule has 3 nitrogen and oxygen atoms in total. The van der Waals surface area contributed by atoms with Crippen molar-refractivity contribution in [3.63, 3.8) is 0 Å². The third-order valence-corrected chi connectivity index (χ3v) is 2.94. The summed E-state index contributed by atoms with van der Waals surface area (Å²) >= 11 is 0. The lowest BCUT2D eigenvalue weighted by atomic mass is 10.1. The van der Waals surface area contributed by atoms with Crippen molar-refractivity contribution in [3.05, 3.63) is 53.5 Å². The highest BCUT2D eigenvalue weighted by molar-refractivity contribution is 5.31. The van der Waals surface area contributed by atoms with E-state index < -0.39 is 23.9 Å². The van der Waals surface area contributed by atoms with Gasteiger partial charge in [-0.2, -0.15) is 13.2 Å². The predicted molar refractivity (Wildman–Crippen MR) is 71.9 cm³/mol. The molecular formula is C15H16F3NO2. The monoisotopic (exact) mass is 299 g/mol. The number of hydrogen-bond acceptors (Lipinski definition) is 3. The first-order valence-electron chi connectivity index (χ1n) is 6.43. The van der Waals surface area contributed by atoms with Gasteiger partial charge in [0.25, 0.3) is 0 Å². The third-order valence-electron chi connectivity index (χ3n) is 2.94. The summed E-state index contributed by atoms with van der Waals surface area (Å²) in [5.74, 6) is 1.27. The number of hydrogen-bond donors (Lipinski definition) is 1. The van der Waals surface area contributed by atoms with Crippen molar-refractivity contribution in [2.75, 3.05) is 0 Å². The summed E-state index contributed by atoms with van der Waals surface area (Å²) in [6.07, 6.45) is -5.06. The van der Waals surface area contributed by atoms with Crippen molar-refractivity contribution in [2.45, 2.75) is 32.2 Å². The van der Waals surface area contributed by atoms with Gasteiger partial charge in [0.1, 0.15) is 17.3 Å². The van der Waals surface area contributed by atoms with E-state index in [1.807, 2.05) is 0 Å². The second kappa shape index (κ2) is 5.81. The van der Waals surface area contributed by atoms with Crippen LogP contribution in [0.5, 0.6) is 5.75 Å². The van der Waals surface area contributed by atoms with E-state index in [4.69, 9.17) is 14.9 Å². The van der Waals surface area contributed by atoms with Crippen LogP contribution in [0.25, 0.3) is 0 Å². The molecule has 1 heterocycles. The number of nitrogens with two attached hydrogens (primary N) is 1. The van der Waals surface area contributed by atoms with Crippen molar-refractivity contribution >= 4 is 0 Å². The van der Waals surface area contributed by atoms with E-state index in [1.54, 1.807) is 26.0 Å². The zero-order chi connectivity index (χ0) is 15.6. The number of halogens is 3.